The van der Waals surface area contributed by atoms with Gasteiger partial charge in [-0.05, 0) is 56.7 Å². The Morgan fingerprint density at radius 1 is 0.848 bits per heavy atom. The zero-order chi connectivity index (χ0) is 33.1. The van der Waals surface area contributed by atoms with Crippen LogP contribution in [-0.2, 0) is 24.9 Å². The molecule has 3 aromatic carbocycles. The number of hydrogen-bond donors (Lipinski definition) is 1. The van der Waals surface area contributed by atoms with Crippen LogP contribution in [0, 0.1) is 52.2 Å². The van der Waals surface area contributed by atoms with Crippen LogP contribution in [0.4, 0.5) is 5.69 Å². The number of hydrogen-bond acceptors (Lipinski definition) is 4. The second-order valence-electron chi connectivity index (χ2n) is 11.7. The summed E-state index contributed by atoms with van der Waals surface area (Å²) < 4.78 is 0. The SMILES string of the molecule is CCC(CC)C(=O)/C=C(\O)C(CC)CC.[C-]#[N+]c1cccc(-c2cnc(-c3[c-]c(C)cc(C)c3)c(-c3cc(C)cc(C)c3)n2)c1.[Ir]. The minimum absolute atomic E-state index is 0. The van der Waals surface area contributed by atoms with E-state index >= 15 is 0 Å². The van der Waals surface area contributed by atoms with Crippen molar-refractivity contribution in [2.45, 2.75) is 81.1 Å². The molecule has 0 saturated heterocycles. The Balaban J connectivity index is 0.000000394. The number of nitrogens with zero attached hydrogens (tertiary/aromatic N) is 3. The summed E-state index contributed by atoms with van der Waals surface area (Å²) in [6.45, 7) is 23.7. The molecular weight excluding hydrogens is 747 g/mol. The molecule has 0 aliphatic rings. The molecule has 0 saturated carbocycles. The van der Waals surface area contributed by atoms with Gasteiger partial charge in [-0.15, -0.1) is 34.9 Å². The van der Waals surface area contributed by atoms with E-state index in [1.807, 2.05) is 52.8 Å². The van der Waals surface area contributed by atoms with Crippen molar-refractivity contribution in [2.24, 2.45) is 11.8 Å². The standard InChI is InChI=1S/C27H22N3.C13H24O2.Ir/c1-17-9-18(2)12-22(11-17)26-27(23-13-19(3)10-20(4)14-23)30-25(16-29-26)21-7-6-8-24(15-21)28-5;1-5-10(6-2)12(14)9-13(15)11(7-3)8-4;/h6-11,13-16H,1-4H3;9-11,14H,5-8H2,1-4H3;/q-1;;/b;12-9-;. The van der Waals surface area contributed by atoms with Crippen molar-refractivity contribution in [2.75, 3.05) is 0 Å². The van der Waals surface area contributed by atoms with Crippen LogP contribution in [0.15, 0.2) is 72.6 Å². The van der Waals surface area contributed by atoms with E-state index in [0.717, 1.165) is 65.0 Å². The topological polar surface area (TPSA) is 67.4 Å². The first kappa shape index (κ1) is 38.3. The Labute approximate surface area is 289 Å². The van der Waals surface area contributed by atoms with Gasteiger partial charge in [0.05, 0.1) is 23.7 Å². The van der Waals surface area contributed by atoms with Crippen molar-refractivity contribution in [3.63, 3.8) is 0 Å². The van der Waals surface area contributed by atoms with Crippen LogP contribution < -0.4 is 0 Å². The third kappa shape index (κ3) is 10.3. The molecule has 0 unspecified atom stereocenters. The third-order valence-electron chi connectivity index (χ3n) is 8.02. The molecule has 0 spiro atoms. The van der Waals surface area contributed by atoms with Gasteiger partial charge in [0.25, 0.3) is 0 Å². The molecule has 1 heterocycles. The molecular formula is C40H46IrN3O2-. The summed E-state index contributed by atoms with van der Waals surface area (Å²) in [5.41, 5.74) is 10.5. The number of allylic oxidation sites excluding steroid dienone is 2. The summed E-state index contributed by atoms with van der Waals surface area (Å²) in [5, 5.41) is 9.76. The minimum atomic E-state index is 0. The van der Waals surface area contributed by atoms with Gasteiger partial charge in [-0.3, -0.25) is 9.78 Å². The molecule has 4 rings (SSSR count). The first-order chi connectivity index (χ1) is 21.5. The molecule has 1 radical (unpaired) electrons. The van der Waals surface area contributed by atoms with E-state index in [1.165, 1.54) is 22.8 Å². The van der Waals surface area contributed by atoms with Gasteiger partial charge in [0.1, 0.15) is 0 Å². The zero-order valence-corrected chi connectivity index (χ0v) is 30.8. The number of aliphatic hydroxyl groups excluding tert-OH is 1. The van der Waals surface area contributed by atoms with Crippen LogP contribution >= 0.6 is 0 Å². The van der Waals surface area contributed by atoms with Gasteiger partial charge in [0.2, 0.25) is 0 Å². The van der Waals surface area contributed by atoms with Gasteiger partial charge in [0, 0.05) is 49.9 Å². The number of benzene rings is 3. The molecule has 0 bridgehead atoms. The van der Waals surface area contributed by atoms with E-state index in [-0.39, 0.29) is 43.5 Å². The Morgan fingerprint density at radius 2 is 1.46 bits per heavy atom. The molecule has 0 aliphatic carbocycles. The molecule has 0 amide bonds. The number of aryl methyl sites for hydroxylation is 4. The molecule has 243 valence electrons. The van der Waals surface area contributed by atoms with Gasteiger partial charge >= 0.3 is 0 Å². The summed E-state index contributed by atoms with van der Waals surface area (Å²) in [6, 6.07) is 21.6. The molecule has 1 aromatic heterocycles. The normalized spacial score (nSPS) is 11.0. The van der Waals surface area contributed by atoms with Crippen LogP contribution in [0.5, 0.6) is 0 Å². The third-order valence-corrected chi connectivity index (χ3v) is 8.02. The second-order valence-corrected chi connectivity index (χ2v) is 11.7. The number of rotatable bonds is 10. The Bertz CT molecular complexity index is 1650. The Hall–Kier alpha value is -3.91. The van der Waals surface area contributed by atoms with Crippen LogP contribution in [-0.4, -0.2) is 20.9 Å². The molecule has 0 fully saturated rings. The quantitative estimate of drug-likeness (QED) is 0.0987. The molecule has 0 atom stereocenters. The predicted octanol–water partition coefficient (Wildman–Crippen LogP) is 10.9. The van der Waals surface area contributed by atoms with Gasteiger partial charge in [-0.25, -0.2) is 4.85 Å². The minimum Gasteiger partial charge on any atom is -0.512 e. The molecule has 46 heavy (non-hydrogen) atoms. The first-order valence-electron chi connectivity index (χ1n) is 15.9. The summed E-state index contributed by atoms with van der Waals surface area (Å²) in [6.07, 6.45) is 6.69. The number of aromatic nitrogens is 2. The van der Waals surface area contributed by atoms with Crippen molar-refractivity contribution in [3.8, 4) is 33.8 Å². The fourth-order valence-corrected chi connectivity index (χ4v) is 5.58. The van der Waals surface area contributed by atoms with Gasteiger partial charge in [-0.2, -0.15) is 0 Å². The Kier molecular flexibility index (Phi) is 15.2. The largest absolute Gasteiger partial charge is 0.512 e. The zero-order valence-electron chi connectivity index (χ0n) is 28.4. The van der Waals surface area contributed by atoms with Crippen LogP contribution in [0.1, 0.15) is 75.6 Å². The number of ketones is 1. The van der Waals surface area contributed by atoms with Crippen LogP contribution in [0.25, 0.3) is 38.6 Å². The van der Waals surface area contributed by atoms with Crippen molar-refractivity contribution in [1.29, 1.82) is 0 Å². The maximum absolute atomic E-state index is 11.7. The van der Waals surface area contributed by atoms with Crippen molar-refractivity contribution < 1.29 is 30.0 Å². The second kappa shape index (κ2) is 18.3. The summed E-state index contributed by atoms with van der Waals surface area (Å²) in [5.74, 6) is 0.547. The average Bonchev–Trinajstić information content (AvgIpc) is 3.01. The number of carbonyl (C=O) groups is 1. The van der Waals surface area contributed by atoms with Gasteiger partial charge < -0.3 is 10.1 Å². The van der Waals surface area contributed by atoms with E-state index in [2.05, 4.69) is 62.0 Å². The van der Waals surface area contributed by atoms with E-state index < -0.39 is 0 Å². The van der Waals surface area contributed by atoms with Crippen LogP contribution in [0.2, 0.25) is 0 Å². The van der Waals surface area contributed by atoms with Gasteiger partial charge in [0.15, 0.2) is 11.5 Å². The van der Waals surface area contributed by atoms with E-state index in [4.69, 9.17) is 16.5 Å². The number of aliphatic hydroxyl groups is 1. The Morgan fingerprint density at radius 3 is 2.02 bits per heavy atom. The molecule has 0 aliphatic heterocycles. The maximum Gasteiger partial charge on any atom is 0.187 e. The first-order valence-corrected chi connectivity index (χ1v) is 15.9. The molecule has 1 N–H and O–H groups in total. The summed E-state index contributed by atoms with van der Waals surface area (Å²) in [7, 11) is 0. The van der Waals surface area contributed by atoms with Gasteiger partial charge in [-0.1, -0.05) is 89.1 Å². The smallest absolute Gasteiger partial charge is 0.187 e. The molecule has 4 aromatic rings. The van der Waals surface area contributed by atoms with Crippen LogP contribution in [0.3, 0.4) is 0 Å². The monoisotopic (exact) mass is 793 g/mol. The summed E-state index contributed by atoms with van der Waals surface area (Å²) in [4.78, 5) is 25.1. The van der Waals surface area contributed by atoms with E-state index in [1.54, 1.807) is 12.3 Å². The summed E-state index contributed by atoms with van der Waals surface area (Å²) >= 11 is 0. The van der Waals surface area contributed by atoms with E-state index in [9.17, 15) is 9.90 Å². The average molecular weight is 793 g/mol. The van der Waals surface area contributed by atoms with Crippen molar-refractivity contribution >= 4 is 11.5 Å². The maximum atomic E-state index is 11.7. The number of carbonyl (C=O) groups excluding carboxylic acids is 1. The predicted molar refractivity (Wildman–Crippen MR) is 186 cm³/mol. The van der Waals surface area contributed by atoms with Crippen molar-refractivity contribution in [1.82, 2.24) is 9.97 Å². The van der Waals surface area contributed by atoms with Crippen molar-refractivity contribution in [3.05, 3.63) is 112 Å². The fourth-order valence-electron chi connectivity index (χ4n) is 5.58. The molecule has 6 heteroatoms. The van der Waals surface area contributed by atoms with E-state index in [0.29, 0.717) is 5.69 Å². The molecule has 5 nitrogen and oxygen atoms in total. The fraction of sp³-hybridized carbons (Fsp3) is 0.350.